The van der Waals surface area contributed by atoms with Crippen LogP contribution < -0.4 is 0 Å². The molecule has 3 unspecified atom stereocenters. The lowest BCUT2D eigenvalue weighted by atomic mass is 9.86. The van der Waals surface area contributed by atoms with Gasteiger partial charge in [-0.25, -0.2) is 0 Å². The van der Waals surface area contributed by atoms with Crippen LogP contribution >= 0.6 is 8.03 Å². The van der Waals surface area contributed by atoms with Crippen LogP contribution in [0.2, 0.25) is 0 Å². The van der Waals surface area contributed by atoms with Gasteiger partial charge in [-0.05, 0) is 19.3 Å². The summed E-state index contributed by atoms with van der Waals surface area (Å²) in [6, 6.07) is 0. The SMILES string of the molecule is CCCC(CC(=O)O)C(C)(C(=O)O)[PH](=O)O. The van der Waals surface area contributed by atoms with Crippen molar-refractivity contribution >= 4 is 20.0 Å². The Morgan fingerprint density at radius 3 is 2.12 bits per heavy atom. The van der Waals surface area contributed by atoms with Gasteiger partial charge in [-0.1, -0.05) is 13.3 Å². The largest absolute Gasteiger partial charge is 0.481 e. The molecule has 0 aliphatic rings. The van der Waals surface area contributed by atoms with Crippen LogP contribution in [0.1, 0.15) is 33.1 Å². The third-order valence-electron chi connectivity index (χ3n) is 2.76. The Hall–Kier alpha value is -0.870. The van der Waals surface area contributed by atoms with E-state index in [2.05, 4.69) is 0 Å². The molecular formula is C9H17O6P. The molecule has 0 rings (SSSR count). The van der Waals surface area contributed by atoms with Gasteiger partial charge in [0.15, 0.2) is 0 Å². The number of hydrogen-bond acceptors (Lipinski definition) is 3. The molecule has 3 atom stereocenters. The van der Waals surface area contributed by atoms with Crippen molar-refractivity contribution in [3.63, 3.8) is 0 Å². The molecule has 94 valence electrons. The topological polar surface area (TPSA) is 112 Å². The summed E-state index contributed by atoms with van der Waals surface area (Å²) in [5, 5.41) is 15.8. The standard InChI is InChI=1S/C9H17O6P/c1-3-4-6(5-7(10)11)9(2,8(12)13)16(14)15/h6,16H,3-5H2,1-2H3,(H,10,11)(H,12,13)(H,14,15). The Labute approximate surface area is 94.2 Å². The van der Waals surface area contributed by atoms with Crippen LogP contribution in [0, 0.1) is 5.92 Å². The summed E-state index contributed by atoms with van der Waals surface area (Å²) < 4.78 is 11.2. The minimum atomic E-state index is -3.35. The van der Waals surface area contributed by atoms with Gasteiger partial charge in [0, 0.05) is 6.42 Å². The number of carboxylic acids is 2. The predicted molar refractivity (Wildman–Crippen MR) is 57.9 cm³/mol. The van der Waals surface area contributed by atoms with E-state index in [0.29, 0.717) is 12.8 Å². The van der Waals surface area contributed by atoms with E-state index in [1.165, 1.54) is 0 Å². The number of hydrogen-bond donors (Lipinski definition) is 3. The van der Waals surface area contributed by atoms with E-state index in [1.54, 1.807) is 6.92 Å². The first-order valence-corrected chi connectivity index (χ1v) is 6.30. The number of carbonyl (C=O) groups is 2. The predicted octanol–water partition coefficient (Wildman–Crippen LogP) is 1.19. The minimum absolute atomic E-state index is 0.298. The highest BCUT2D eigenvalue weighted by molar-refractivity contribution is 7.41. The van der Waals surface area contributed by atoms with Crippen molar-refractivity contribution in [3.8, 4) is 0 Å². The fourth-order valence-corrected chi connectivity index (χ4v) is 2.37. The van der Waals surface area contributed by atoms with E-state index >= 15 is 0 Å². The van der Waals surface area contributed by atoms with Gasteiger partial charge in [0.05, 0.1) is 0 Å². The van der Waals surface area contributed by atoms with Gasteiger partial charge in [-0.3, -0.25) is 14.2 Å². The lowest BCUT2D eigenvalue weighted by Crippen LogP contribution is -2.40. The molecule has 0 saturated carbocycles. The molecule has 0 bridgehead atoms. The fraction of sp³-hybridized carbons (Fsp3) is 0.778. The lowest BCUT2D eigenvalue weighted by molar-refractivity contribution is -0.143. The Morgan fingerprint density at radius 2 is 1.88 bits per heavy atom. The lowest BCUT2D eigenvalue weighted by Gasteiger charge is -2.30. The Bertz CT molecular complexity index is 286. The van der Waals surface area contributed by atoms with E-state index < -0.39 is 37.5 Å². The molecule has 0 amide bonds. The fourth-order valence-electron chi connectivity index (χ4n) is 1.59. The maximum atomic E-state index is 11.2. The Balaban J connectivity index is 5.17. The number of aliphatic carboxylic acids is 2. The second kappa shape index (κ2) is 6.01. The molecule has 0 aromatic heterocycles. The monoisotopic (exact) mass is 252 g/mol. The zero-order valence-electron chi connectivity index (χ0n) is 9.27. The Kier molecular flexibility index (Phi) is 5.68. The first-order chi connectivity index (χ1) is 7.26. The first-order valence-electron chi connectivity index (χ1n) is 4.95. The highest BCUT2D eigenvalue weighted by Gasteiger charge is 2.46. The van der Waals surface area contributed by atoms with Crippen molar-refractivity contribution in [2.24, 2.45) is 5.92 Å². The maximum Gasteiger partial charge on any atom is 0.319 e. The highest BCUT2D eigenvalue weighted by atomic mass is 31.1. The Morgan fingerprint density at radius 1 is 1.38 bits per heavy atom. The first kappa shape index (κ1) is 15.1. The van der Waals surface area contributed by atoms with E-state index in [0.717, 1.165) is 6.92 Å². The average molecular weight is 252 g/mol. The third kappa shape index (κ3) is 3.32. The summed E-state index contributed by atoms with van der Waals surface area (Å²) in [5.74, 6) is -3.41. The smallest absolute Gasteiger partial charge is 0.319 e. The van der Waals surface area contributed by atoms with Crippen LogP contribution in [-0.2, 0) is 14.2 Å². The van der Waals surface area contributed by atoms with Gasteiger partial charge in [0.2, 0.25) is 8.03 Å². The second-order valence-electron chi connectivity index (χ2n) is 3.90. The zero-order valence-corrected chi connectivity index (χ0v) is 10.3. The van der Waals surface area contributed by atoms with Crippen molar-refractivity contribution in [3.05, 3.63) is 0 Å². The van der Waals surface area contributed by atoms with Crippen LogP contribution in [0.3, 0.4) is 0 Å². The molecule has 0 fully saturated rings. The van der Waals surface area contributed by atoms with Crippen molar-refractivity contribution in [1.29, 1.82) is 0 Å². The molecule has 0 saturated heterocycles. The van der Waals surface area contributed by atoms with Gasteiger partial charge >= 0.3 is 11.9 Å². The normalized spacial score (nSPS) is 18.4. The van der Waals surface area contributed by atoms with E-state index in [4.69, 9.17) is 15.1 Å². The summed E-state index contributed by atoms with van der Waals surface area (Å²) >= 11 is 0. The molecule has 6 nitrogen and oxygen atoms in total. The van der Waals surface area contributed by atoms with Crippen LogP contribution in [0.15, 0.2) is 0 Å². The van der Waals surface area contributed by atoms with Crippen LogP contribution in [0.5, 0.6) is 0 Å². The van der Waals surface area contributed by atoms with Crippen LogP contribution in [0.25, 0.3) is 0 Å². The summed E-state index contributed by atoms with van der Waals surface area (Å²) in [5.41, 5.74) is 0. The minimum Gasteiger partial charge on any atom is -0.481 e. The average Bonchev–Trinajstić information content (AvgIpc) is 2.14. The van der Waals surface area contributed by atoms with Crippen molar-refractivity contribution < 1.29 is 29.3 Å². The van der Waals surface area contributed by atoms with Gasteiger partial charge in [-0.2, -0.15) is 0 Å². The zero-order chi connectivity index (χ0) is 12.9. The summed E-state index contributed by atoms with van der Waals surface area (Å²) in [4.78, 5) is 30.8. The molecule has 7 heteroatoms. The van der Waals surface area contributed by atoms with Crippen molar-refractivity contribution in [1.82, 2.24) is 0 Å². The summed E-state index contributed by atoms with van der Waals surface area (Å²) in [6.45, 7) is 2.91. The molecule has 0 heterocycles. The van der Waals surface area contributed by atoms with E-state index in [-0.39, 0.29) is 0 Å². The second-order valence-corrected chi connectivity index (χ2v) is 5.55. The quantitative estimate of drug-likeness (QED) is 0.586. The molecule has 3 N–H and O–H groups in total. The molecule has 0 radical (unpaired) electrons. The van der Waals surface area contributed by atoms with Crippen LogP contribution in [0.4, 0.5) is 0 Å². The molecule has 0 aromatic rings. The number of carboxylic acid groups (broad SMARTS) is 2. The van der Waals surface area contributed by atoms with Crippen LogP contribution in [-0.4, -0.2) is 32.2 Å². The van der Waals surface area contributed by atoms with Gasteiger partial charge in [0.1, 0.15) is 5.16 Å². The van der Waals surface area contributed by atoms with Crippen molar-refractivity contribution in [2.45, 2.75) is 38.3 Å². The molecule has 0 spiro atoms. The maximum absolute atomic E-state index is 11.2. The van der Waals surface area contributed by atoms with E-state index in [1.807, 2.05) is 0 Å². The van der Waals surface area contributed by atoms with Gasteiger partial charge < -0.3 is 15.1 Å². The molecule has 0 aromatic carbocycles. The van der Waals surface area contributed by atoms with E-state index in [9.17, 15) is 14.2 Å². The molecular weight excluding hydrogens is 235 g/mol. The van der Waals surface area contributed by atoms with Gasteiger partial charge in [-0.15, -0.1) is 0 Å². The molecule has 0 aliphatic heterocycles. The molecule has 16 heavy (non-hydrogen) atoms. The van der Waals surface area contributed by atoms with Gasteiger partial charge in [0.25, 0.3) is 0 Å². The summed E-state index contributed by atoms with van der Waals surface area (Å²) in [6.07, 6.45) is 0.454. The van der Waals surface area contributed by atoms with Crippen molar-refractivity contribution in [2.75, 3.05) is 0 Å². The molecule has 0 aliphatic carbocycles. The summed E-state index contributed by atoms with van der Waals surface area (Å²) in [7, 11) is -3.35. The number of rotatable bonds is 7. The highest BCUT2D eigenvalue weighted by Crippen LogP contribution is 2.44. The third-order valence-corrected chi connectivity index (χ3v) is 4.27.